The van der Waals surface area contributed by atoms with Crippen molar-refractivity contribution >= 4 is 23.8 Å². The van der Waals surface area contributed by atoms with E-state index in [9.17, 15) is 9.59 Å². The van der Waals surface area contributed by atoms with Gasteiger partial charge in [0.05, 0.1) is 18.2 Å². The predicted molar refractivity (Wildman–Crippen MR) is 105 cm³/mol. The second-order valence-electron chi connectivity index (χ2n) is 5.90. The minimum Gasteiger partial charge on any atom is -0.463 e. The molecule has 1 aromatic carbocycles. The van der Waals surface area contributed by atoms with Crippen LogP contribution in [0.2, 0.25) is 0 Å². The molecule has 0 saturated heterocycles. The maximum atomic E-state index is 12.7. The number of carbonyl (C=O) groups excluding carboxylic acids is 2. The van der Waals surface area contributed by atoms with Crippen LogP contribution < -0.4 is 10.6 Å². The van der Waals surface area contributed by atoms with Gasteiger partial charge in [-0.05, 0) is 12.5 Å². The summed E-state index contributed by atoms with van der Waals surface area (Å²) in [6, 6.07) is 8.36. The van der Waals surface area contributed by atoms with E-state index < -0.39 is 12.0 Å². The second-order valence-corrected chi connectivity index (χ2v) is 6.84. The first-order valence-corrected chi connectivity index (χ1v) is 9.76. The monoisotopic (exact) mass is 399 g/mol. The quantitative estimate of drug-likeness (QED) is 0.402. The Morgan fingerprint density at radius 3 is 2.89 bits per heavy atom. The Morgan fingerprint density at radius 2 is 2.18 bits per heavy atom. The van der Waals surface area contributed by atoms with Gasteiger partial charge >= 0.3 is 12.0 Å². The summed E-state index contributed by atoms with van der Waals surface area (Å²) in [5.41, 5.74) is 1.68. The maximum Gasteiger partial charge on any atom is 0.338 e. The molecule has 0 unspecified atom stereocenters. The van der Waals surface area contributed by atoms with Gasteiger partial charge in [0.2, 0.25) is 0 Å². The molecule has 8 nitrogen and oxygen atoms in total. The number of amides is 2. The zero-order valence-corrected chi connectivity index (χ0v) is 16.2. The number of nitrogens with zero attached hydrogens (tertiary/aromatic N) is 3. The number of benzene rings is 1. The molecular weight excluding hydrogens is 378 g/mol. The second kappa shape index (κ2) is 9.23. The summed E-state index contributed by atoms with van der Waals surface area (Å²) >= 11 is 1.37. The molecule has 1 atom stereocenters. The fourth-order valence-electron chi connectivity index (χ4n) is 2.83. The third-order valence-corrected chi connectivity index (χ3v) is 5.04. The van der Waals surface area contributed by atoms with E-state index in [0.29, 0.717) is 28.7 Å². The van der Waals surface area contributed by atoms with Gasteiger partial charge in [-0.15, -0.1) is 16.8 Å². The van der Waals surface area contributed by atoms with Crippen molar-refractivity contribution in [2.45, 2.75) is 24.7 Å². The number of carbonyl (C=O) groups is 2. The van der Waals surface area contributed by atoms with Crippen LogP contribution in [-0.2, 0) is 16.1 Å². The number of hydrogen-bond donors (Lipinski definition) is 2. The van der Waals surface area contributed by atoms with Crippen LogP contribution in [0.3, 0.4) is 0 Å². The molecule has 146 valence electrons. The first-order valence-electron chi connectivity index (χ1n) is 8.78. The van der Waals surface area contributed by atoms with Gasteiger partial charge in [0.1, 0.15) is 6.33 Å². The zero-order chi connectivity index (χ0) is 19.9. The highest BCUT2D eigenvalue weighted by Crippen LogP contribution is 2.30. The van der Waals surface area contributed by atoms with Crippen LogP contribution in [0.4, 0.5) is 4.79 Å². The molecule has 0 radical (unpaired) electrons. The van der Waals surface area contributed by atoms with Crippen LogP contribution in [0.15, 0.2) is 65.7 Å². The molecule has 1 aliphatic rings. The minimum atomic E-state index is -0.587. The first-order chi connectivity index (χ1) is 13.6. The average molecular weight is 399 g/mol. The Labute approximate surface area is 167 Å². The van der Waals surface area contributed by atoms with Crippen molar-refractivity contribution in [2.24, 2.45) is 0 Å². The van der Waals surface area contributed by atoms with Gasteiger partial charge in [0, 0.05) is 18.0 Å². The molecule has 0 spiro atoms. The van der Waals surface area contributed by atoms with Crippen molar-refractivity contribution in [3.63, 3.8) is 0 Å². The van der Waals surface area contributed by atoms with E-state index >= 15 is 0 Å². The van der Waals surface area contributed by atoms with E-state index in [1.54, 1.807) is 19.3 Å². The van der Waals surface area contributed by atoms with Crippen molar-refractivity contribution in [1.82, 2.24) is 25.4 Å². The number of thioether (sulfide) groups is 1. The standard InChI is InChI=1S/C19H21N5O3S/c1-3-10-24-12-20-23-19(24)28-11-14-15(17(25)27-4-2)16(22-18(26)21-14)13-8-6-5-7-9-13/h3,5-9,12,16H,1,4,10-11H2,2H3,(H2,21,22,26)/t16-/m0/s1. The van der Waals surface area contributed by atoms with E-state index in [4.69, 9.17) is 4.74 Å². The SMILES string of the molecule is C=CCn1cnnc1SCC1=C(C(=O)OCC)[C@H](c2ccccc2)NC(=O)N1. The lowest BCUT2D eigenvalue weighted by Crippen LogP contribution is -2.46. The number of nitrogens with one attached hydrogen (secondary N) is 2. The van der Waals surface area contributed by atoms with E-state index in [0.717, 1.165) is 5.56 Å². The van der Waals surface area contributed by atoms with Crippen molar-refractivity contribution in [2.75, 3.05) is 12.4 Å². The lowest BCUT2D eigenvalue weighted by atomic mass is 9.95. The van der Waals surface area contributed by atoms with Crippen molar-refractivity contribution < 1.29 is 14.3 Å². The smallest absolute Gasteiger partial charge is 0.338 e. The number of hydrogen-bond acceptors (Lipinski definition) is 6. The topological polar surface area (TPSA) is 98.1 Å². The first kappa shape index (κ1) is 19.7. The average Bonchev–Trinajstić information content (AvgIpc) is 3.14. The van der Waals surface area contributed by atoms with Crippen LogP contribution >= 0.6 is 11.8 Å². The number of esters is 1. The molecule has 2 amide bonds. The molecule has 2 heterocycles. The number of urea groups is 1. The summed E-state index contributed by atoms with van der Waals surface area (Å²) in [6.45, 7) is 6.27. The Morgan fingerprint density at radius 1 is 1.39 bits per heavy atom. The van der Waals surface area contributed by atoms with E-state index in [2.05, 4.69) is 27.4 Å². The molecule has 1 aliphatic heterocycles. The summed E-state index contributed by atoms with van der Waals surface area (Å²) in [7, 11) is 0. The zero-order valence-electron chi connectivity index (χ0n) is 15.4. The highest BCUT2D eigenvalue weighted by atomic mass is 32.2. The summed E-state index contributed by atoms with van der Waals surface area (Å²) in [5.74, 6) is -0.132. The largest absolute Gasteiger partial charge is 0.463 e. The molecule has 2 N–H and O–H groups in total. The van der Waals surface area contributed by atoms with Gasteiger partial charge in [0.15, 0.2) is 5.16 Å². The van der Waals surface area contributed by atoms with Crippen molar-refractivity contribution in [3.8, 4) is 0 Å². The molecule has 3 rings (SSSR count). The molecule has 0 fully saturated rings. The lowest BCUT2D eigenvalue weighted by molar-refractivity contribution is -0.139. The third kappa shape index (κ3) is 4.42. The number of allylic oxidation sites excluding steroid dienone is 1. The maximum absolute atomic E-state index is 12.7. The van der Waals surface area contributed by atoms with Crippen LogP contribution in [0.1, 0.15) is 18.5 Å². The van der Waals surface area contributed by atoms with Crippen LogP contribution in [0, 0.1) is 0 Å². The number of rotatable bonds is 8. The molecule has 2 aromatic rings. The molecule has 0 bridgehead atoms. The van der Waals surface area contributed by atoms with Gasteiger partial charge in [-0.25, -0.2) is 9.59 Å². The van der Waals surface area contributed by atoms with E-state index in [1.807, 2.05) is 34.9 Å². The Kier molecular flexibility index (Phi) is 6.49. The fraction of sp³-hybridized carbons (Fsp3) is 0.263. The van der Waals surface area contributed by atoms with Gasteiger partial charge in [-0.2, -0.15) is 0 Å². The predicted octanol–water partition coefficient (Wildman–Crippen LogP) is 2.43. The molecule has 0 saturated carbocycles. The normalized spacial score (nSPS) is 16.3. The summed E-state index contributed by atoms with van der Waals surface area (Å²) in [4.78, 5) is 25.0. The fourth-order valence-corrected chi connectivity index (χ4v) is 3.73. The number of aromatic nitrogens is 3. The van der Waals surface area contributed by atoms with Gasteiger partial charge in [0.25, 0.3) is 0 Å². The Bertz CT molecular complexity index is 894. The highest BCUT2D eigenvalue weighted by Gasteiger charge is 2.33. The minimum absolute atomic E-state index is 0.242. The Balaban J connectivity index is 1.94. The van der Waals surface area contributed by atoms with Crippen molar-refractivity contribution in [1.29, 1.82) is 0 Å². The van der Waals surface area contributed by atoms with Crippen LogP contribution in [-0.4, -0.2) is 39.1 Å². The van der Waals surface area contributed by atoms with Crippen molar-refractivity contribution in [3.05, 3.63) is 66.1 Å². The summed E-state index contributed by atoms with van der Waals surface area (Å²) < 4.78 is 7.09. The molecule has 1 aromatic heterocycles. The number of ether oxygens (including phenoxy) is 1. The Hall–Kier alpha value is -3.07. The van der Waals surface area contributed by atoms with E-state index in [-0.39, 0.29) is 12.6 Å². The van der Waals surface area contributed by atoms with Crippen LogP contribution in [0.25, 0.3) is 0 Å². The van der Waals surface area contributed by atoms with Gasteiger partial charge in [-0.1, -0.05) is 48.2 Å². The molecule has 0 aliphatic carbocycles. The molecule has 9 heteroatoms. The highest BCUT2D eigenvalue weighted by molar-refractivity contribution is 7.99. The third-order valence-electron chi connectivity index (χ3n) is 4.03. The van der Waals surface area contributed by atoms with Gasteiger partial charge in [-0.3, -0.25) is 0 Å². The van der Waals surface area contributed by atoms with E-state index in [1.165, 1.54) is 11.8 Å². The molecule has 28 heavy (non-hydrogen) atoms. The van der Waals surface area contributed by atoms with Crippen LogP contribution in [0.5, 0.6) is 0 Å². The lowest BCUT2D eigenvalue weighted by Gasteiger charge is -2.29. The summed E-state index contributed by atoms with van der Waals surface area (Å²) in [5, 5.41) is 14.2. The summed E-state index contributed by atoms with van der Waals surface area (Å²) in [6.07, 6.45) is 3.35. The van der Waals surface area contributed by atoms with Gasteiger partial charge < -0.3 is 19.9 Å². The molecular formula is C19H21N5O3S.